The van der Waals surface area contributed by atoms with E-state index in [0.717, 1.165) is 5.01 Å². The number of hydrogen-bond acceptors (Lipinski definition) is 6. The van der Waals surface area contributed by atoms with Crippen LogP contribution in [0.3, 0.4) is 0 Å². The number of carbonyl (C=O) groups is 1. The molecule has 1 N–H and O–H groups in total. The second kappa shape index (κ2) is 10.3. The fraction of sp³-hybridized carbons (Fsp3) is 0.444. The van der Waals surface area contributed by atoms with Gasteiger partial charge in [-0.15, -0.1) is 10.2 Å². The highest BCUT2D eigenvalue weighted by Gasteiger charge is 2.43. The van der Waals surface area contributed by atoms with Crippen molar-refractivity contribution in [3.63, 3.8) is 0 Å². The van der Waals surface area contributed by atoms with Gasteiger partial charge in [-0.1, -0.05) is 71.9 Å². The van der Waals surface area contributed by atoms with E-state index >= 15 is 0 Å². The number of carbonyl (C=O) groups excluding carboxylic acids is 1. The lowest BCUT2D eigenvalue weighted by Gasteiger charge is -2.51. The SMILES string of the molecule is CC(C)(C)OC(=O)Nc1nnc(C(C)(C)COS(c2ccccc2)(c2ccccc2)C(C)(C)C)s1. The summed E-state index contributed by atoms with van der Waals surface area (Å²) >= 11 is 1.34. The van der Waals surface area contributed by atoms with Crippen molar-refractivity contribution in [1.82, 2.24) is 10.2 Å². The van der Waals surface area contributed by atoms with Gasteiger partial charge in [0.15, 0.2) is 0 Å². The quantitative estimate of drug-likeness (QED) is 0.347. The summed E-state index contributed by atoms with van der Waals surface area (Å²) in [5, 5.41) is 12.4. The van der Waals surface area contributed by atoms with E-state index in [-0.39, 0.29) is 4.75 Å². The van der Waals surface area contributed by atoms with Gasteiger partial charge in [0.25, 0.3) is 0 Å². The van der Waals surface area contributed by atoms with Crippen molar-refractivity contribution in [3.05, 3.63) is 65.7 Å². The van der Waals surface area contributed by atoms with Crippen LogP contribution < -0.4 is 5.32 Å². The van der Waals surface area contributed by atoms with Gasteiger partial charge in [0, 0.05) is 20.0 Å². The van der Waals surface area contributed by atoms with E-state index < -0.39 is 27.4 Å². The predicted molar refractivity (Wildman–Crippen MR) is 146 cm³/mol. The van der Waals surface area contributed by atoms with Gasteiger partial charge in [-0.25, -0.2) is 4.79 Å². The van der Waals surface area contributed by atoms with Crippen LogP contribution in [0.1, 0.15) is 60.4 Å². The number of amides is 1. The number of nitrogens with one attached hydrogen (secondary N) is 1. The molecule has 0 saturated carbocycles. The molecule has 3 aromatic rings. The molecule has 8 heteroatoms. The molecule has 190 valence electrons. The van der Waals surface area contributed by atoms with Crippen LogP contribution in [0.2, 0.25) is 0 Å². The van der Waals surface area contributed by atoms with E-state index in [0.29, 0.717) is 11.7 Å². The molecule has 1 aromatic heterocycles. The zero-order chi connectivity index (χ0) is 25.9. The summed E-state index contributed by atoms with van der Waals surface area (Å²) in [6.45, 7) is 16.8. The third kappa shape index (κ3) is 6.42. The van der Waals surface area contributed by atoms with E-state index in [2.05, 4.69) is 98.7 Å². The van der Waals surface area contributed by atoms with Crippen LogP contribution in [-0.2, 0) is 14.3 Å². The standard InChI is InChI=1S/C27H37N3O3S2/c1-25(2,3)33-24(31)28-23-30-29-22(34-23)27(7,8)19-32-35(26(4,5)6,20-15-11-9-12-16-20)21-17-13-10-14-18-21/h9-18H,19H2,1-8H3,(H,28,30,31). The van der Waals surface area contributed by atoms with Crippen LogP contribution in [-0.4, -0.2) is 33.2 Å². The highest BCUT2D eigenvalue weighted by Crippen LogP contribution is 2.71. The van der Waals surface area contributed by atoms with Crippen LogP contribution in [0.25, 0.3) is 0 Å². The average Bonchev–Trinajstić information content (AvgIpc) is 3.23. The fourth-order valence-corrected chi connectivity index (χ4v) is 8.30. The Morgan fingerprint density at radius 3 is 1.83 bits per heavy atom. The Kier molecular flexibility index (Phi) is 7.99. The molecule has 2 aromatic carbocycles. The number of aromatic nitrogens is 2. The van der Waals surface area contributed by atoms with E-state index in [9.17, 15) is 4.79 Å². The third-order valence-electron chi connectivity index (χ3n) is 5.22. The van der Waals surface area contributed by atoms with E-state index in [1.807, 2.05) is 32.9 Å². The Balaban J connectivity index is 1.90. The number of rotatable bonds is 7. The van der Waals surface area contributed by atoms with Crippen LogP contribution in [0.15, 0.2) is 70.5 Å². The maximum Gasteiger partial charge on any atom is 0.414 e. The first-order chi connectivity index (χ1) is 16.2. The fourth-order valence-electron chi connectivity index (χ4n) is 3.62. The Bertz CT molecular complexity index is 1080. The number of hydrogen-bond donors (Lipinski definition) is 1. The van der Waals surface area contributed by atoms with Gasteiger partial charge >= 0.3 is 6.09 Å². The molecule has 35 heavy (non-hydrogen) atoms. The summed E-state index contributed by atoms with van der Waals surface area (Å²) in [6, 6.07) is 21.0. The zero-order valence-corrected chi connectivity index (χ0v) is 23.5. The topological polar surface area (TPSA) is 73.3 Å². The molecule has 0 aliphatic heterocycles. The van der Waals surface area contributed by atoms with Gasteiger partial charge in [-0.2, -0.15) is 0 Å². The lowest BCUT2D eigenvalue weighted by Crippen LogP contribution is -2.32. The van der Waals surface area contributed by atoms with Gasteiger partial charge in [-0.05, 0) is 65.8 Å². The summed E-state index contributed by atoms with van der Waals surface area (Å²) in [7, 11) is -1.88. The van der Waals surface area contributed by atoms with Crippen LogP contribution in [0, 0.1) is 0 Å². The van der Waals surface area contributed by atoms with E-state index in [1.165, 1.54) is 21.1 Å². The molecule has 6 nitrogen and oxygen atoms in total. The highest BCUT2D eigenvalue weighted by molar-refractivity contribution is 8.31. The van der Waals surface area contributed by atoms with Gasteiger partial charge in [-0.3, -0.25) is 5.32 Å². The van der Waals surface area contributed by atoms with E-state index in [4.69, 9.17) is 8.92 Å². The van der Waals surface area contributed by atoms with Gasteiger partial charge < -0.3 is 8.92 Å². The second-order valence-electron chi connectivity index (χ2n) is 11.0. The molecule has 1 heterocycles. The van der Waals surface area contributed by atoms with Crippen LogP contribution in [0.5, 0.6) is 0 Å². The molecule has 0 fully saturated rings. The van der Waals surface area contributed by atoms with Crippen LogP contribution >= 0.6 is 21.6 Å². The monoisotopic (exact) mass is 515 g/mol. The van der Waals surface area contributed by atoms with Crippen molar-refractivity contribution >= 4 is 32.9 Å². The number of ether oxygens (including phenoxy) is 1. The smallest absolute Gasteiger partial charge is 0.414 e. The van der Waals surface area contributed by atoms with Crippen molar-refractivity contribution in [2.75, 3.05) is 11.9 Å². The zero-order valence-electron chi connectivity index (χ0n) is 21.9. The van der Waals surface area contributed by atoms with Crippen molar-refractivity contribution in [2.24, 2.45) is 0 Å². The normalized spacial score (nSPS) is 13.4. The molecule has 1 amide bonds. The molecule has 0 aliphatic carbocycles. The minimum atomic E-state index is -1.88. The summed E-state index contributed by atoms with van der Waals surface area (Å²) in [4.78, 5) is 14.5. The number of nitrogens with zero attached hydrogens (tertiary/aromatic N) is 2. The summed E-state index contributed by atoms with van der Waals surface area (Å²) in [6.07, 6.45) is -0.543. The predicted octanol–water partition coefficient (Wildman–Crippen LogP) is 7.82. The van der Waals surface area contributed by atoms with E-state index in [1.54, 1.807) is 0 Å². The van der Waals surface area contributed by atoms with Crippen molar-refractivity contribution in [1.29, 1.82) is 0 Å². The van der Waals surface area contributed by atoms with Gasteiger partial charge in [0.2, 0.25) is 5.13 Å². The summed E-state index contributed by atoms with van der Waals surface area (Å²) in [5.41, 5.74) is -1.02. The molecule has 0 unspecified atom stereocenters. The maximum absolute atomic E-state index is 12.2. The van der Waals surface area contributed by atoms with Gasteiger partial charge in [0.1, 0.15) is 10.6 Å². The highest BCUT2D eigenvalue weighted by atomic mass is 32.3. The molecular formula is C27H37N3O3S2. The second-order valence-corrected chi connectivity index (χ2v) is 15.5. The molecule has 0 bridgehead atoms. The van der Waals surface area contributed by atoms with Crippen molar-refractivity contribution < 1.29 is 13.7 Å². The molecular weight excluding hydrogens is 478 g/mol. The molecule has 3 rings (SSSR count). The first kappa shape index (κ1) is 27.2. The third-order valence-corrected chi connectivity index (χ3v) is 10.5. The molecule has 0 spiro atoms. The minimum Gasteiger partial charge on any atom is -0.444 e. The molecule has 0 radical (unpaired) electrons. The molecule has 0 atom stereocenters. The lowest BCUT2D eigenvalue weighted by molar-refractivity contribution is 0.0636. The number of anilines is 1. The van der Waals surface area contributed by atoms with Crippen LogP contribution in [0.4, 0.5) is 9.93 Å². The van der Waals surface area contributed by atoms with Gasteiger partial charge in [0.05, 0.1) is 6.61 Å². The number of benzene rings is 2. The first-order valence-corrected chi connectivity index (χ1v) is 14.0. The van der Waals surface area contributed by atoms with Crippen molar-refractivity contribution in [2.45, 2.75) is 80.9 Å². The largest absolute Gasteiger partial charge is 0.444 e. The Morgan fingerprint density at radius 2 is 1.37 bits per heavy atom. The summed E-state index contributed by atoms with van der Waals surface area (Å²) in [5.74, 6) is 0. The minimum absolute atomic E-state index is 0.170. The average molecular weight is 516 g/mol. The maximum atomic E-state index is 12.2. The Morgan fingerprint density at radius 1 is 0.857 bits per heavy atom. The van der Waals surface area contributed by atoms with Crippen molar-refractivity contribution in [3.8, 4) is 0 Å². The Hall–Kier alpha value is -2.42. The first-order valence-electron chi connectivity index (χ1n) is 11.7. The summed E-state index contributed by atoms with van der Waals surface area (Å²) < 4.78 is 12.2. The lowest BCUT2D eigenvalue weighted by atomic mass is 9.96. The Labute approximate surface area is 215 Å². The molecule has 0 saturated heterocycles. The molecule has 0 aliphatic rings.